The second kappa shape index (κ2) is 8.14. The number of methoxy groups -OCH3 is 1. The Hall–Kier alpha value is -2.67. The molecule has 0 unspecified atom stereocenters. The average Bonchev–Trinajstić information content (AvgIpc) is 3.32. The van der Waals surface area contributed by atoms with Gasteiger partial charge in [-0.05, 0) is 36.1 Å². The molecule has 1 fully saturated rings. The van der Waals surface area contributed by atoms with E-state index >= 15 is 0 Å². The maximum absolute atomic E-state index is 12.7. The summed E-state index contributed by atoms with van der Waals surface area (Å²) in [4.78, 5) is 38.9. The fourth-order valence-electron chi connectivity index (χ4n) is 2.94. The Kier molecular flexibility index (Phi) is 5.68. The van der Waals surface area contributed by atoms with Crippen molar-refractivity contribution in [3.05, 3.63) is 52.2 Å². The number of hydrogen-bond acceptors (Lipinski definition) is 5. The van der Waals surface area contributed by atoms with Gasteiger partial charge in [0.1, 0.15) is 0 Å². The molecule has 0 bridgehead atoms. The van der Waals surface area contributed by atoms with E-state index < -0.39 is 6.04 Å². The molecule has 26 heavy (non-hydrogen) atoms. The van der Waals surface area contributed by atoms with Crippen molar-refractivity contribution in [1.82, 2.24) is 5.32 Å². The molecule has 0 saturated carbocycles. The first-order valence-corrected chi connectivity index (χ1v) is 9.28. The largest absolute Gasteiger partial charge is 0.469 e. The number of benzene rings is 1. The second-order valence-electron chi connectivity index (χ2n) is 6.02. The van der Waals surface area contributed by atoms with Crippen LogP contribution in [0.5, 0.6) is 0 Å². The van der Waals surface area contributed by atoms with Crippen LogP contribution in [-0.4, -0.2) is 31.4 Å². The van der Waals surface area contributed by atoms with E-state index in [4.69, 9.17) is 4.74 Å². The van der Waals surface area contributed by atoms with Gasteiger partial charge in [-0.3, -0.25) is 14.4 Å². The predicted molar refractivity (Wildman–Crippen MR) is 99.2 cm³/mol. The first kappa shape index (κ1) is 18.1. The predicted octanol–water partition coefficient (Wildman–Crippen LogP) is 2.91. The van der Waals surface area contributed by atoms with Crippen LogP contribution in [0.2, 0.25) is 0 Å². The van der Waals surface area contributed by atoms with Crippen molar-refractivity contribution in [2.45, 2.75) is 25.3 Å². The maximum atomic E-state index is 12.7. The molecule has 0 spiro atoms. The van der Waals surface area contributed by atoms with Crippen molar-refractivity contribution in [2.75, 3.05) is 18.6 Å². The van der Waals surface area contributed by atoms with Crippen LogP contribution in [0.3, 0.4) is 0 Å². The zero-order valence-electron chi connectivity index (χ0n) is 14.4. The van der Waals surface area contributed by atoms with Crippen LogP contribution >= 0.6 is 11.3 Å². The molecule has 7 heteroatoms. The summed E-state index contributed by atoms with van der Waals surface area (Å²) in [6.07, 6.45) is 1.43. The Bertz CT molecular complexity index is 804. The highest BCUT2D eigenvalue weighted by molar-refractivity contribution is 7.10. The smallest absolute Gasteiger partial charge is 0.307 e. The number of thiophene rings is 1. The van der Waals surface area contributed by atoms with Crippen LogP contribution in [0.15, 0.2) is 41.8 Å². The fourth-order valence-corrected chi connectivity index (χ4v) is 3.72. The summed E-state index contributed by atoms with van der Waals surface area (Å²) in [6.45, 7) is 0.671. The number of ether oxygens (including phenoxy) is 1. The molecule has 1 aliphatic rings. The first-order chi connectivity index (χ1) is 12.6. The van der Waals surface area contributed by atoms with Gasteiger partial charge in [0.05, 0.1) is 19.6 Å². The summed E-state index contributed by atoms with van der Waals surface area (Å²) in [6, 6.07) is 10.3. The molecular formula is C19H20N2O4S. The minimum Gasteiger partial charge on any atom is -0.469 e. The molecule has 1 aliphatic heterocycles. The number of amides is 2. The Morgan fingerprint density at radius 3 is 2.81 bits per heavy atom. The van der Waals surface area contributed by atoms with Gasteiger partial charge in [0.2, 0.25) is 5.91 Å². The lowest BCUT2D eigenvalue weighted by Gasteiger charge is -2.19. The zero-order chi connectivity index (χ0) is 18.5. The number of carbonyl (C=O) groups is 3. The Morgan fingerprint density at radius 1 is 1.31 bits per heavy atom. The van der Waals surface area contributed by atoms with Crippen LogP contribution in [0.1, 0.15) is 40.5 Å². The Balaban J connectivity index is 1.77. The van der Waals surface area contributed by atoms with Crippen molar-refractivity contribution < 1.29 is 19.1 Å². The molecule has 2 amide bonds. The normalized spacial score (nSPS) is 15.0. The highest BCUT2D eigenvalue weighted by Gasteiger charge is 2.24. The van der Waals surface area contributed by atoms with Crippen LogP contribution in [-0.2, 0) is 14.3 Å². The number of hydrogen-bond donors (Lipinski definition) is 1. The van der Waals surface area contributed by atoms with Crippen molar-refractivity contribution in [3.63, 3.8) is 0 Å². The zero-order valence-corrected chi connectivity index (χ0v) is 15.3. The molecule has 2 aromatic rings. The van der Waals surface area contributed by atoms with Gasteiger partial charge in [-0.15, -0.1) is 11.3 Å². The van der Waals surface area contributed by atoms with Gasteiger partial charge in [0.15, 0.2) is 0 Å². The van der Waals surface area contributed by atoms with E-state index in [9.17, 15) is 14.4 Å². The van der Waals surface area contributed by atoms with Gasteiger partial charge in [0, 0.05) is 29.1 Å². The molecule has 1 saturated heterocycles. The SMILES string of the molecule is COC(=O)C[C@@H](NC(=O)c1cccc(N2CCCC2=O)c1)c1cccs1. The summed E-state index contributed by atoms with van der Waals surface area (Å²) in [7, 11) is 1.33. The van der Waals surface area contributed by atoms with Crippen molar-refractivity contribution >= 4 is 34.8 Å². The van der Waals surface area contributed by atoms with E-state index in [0.29, 0.717) is 18.5 Å². The molecule has 1 atom stereocenters. The van der Waals surface area contributed by atoms with Crippen molar-refractivity contribution in [2.24, 2.45) is 0 Å². The van der Waals surface area contributed by atoms with E-state index in [2.05, 4.69) is 5.32 Å². The number of rotatable bonds is 6. The highest BCUT2D eigenvalue weighted by atomic mass is 32.1. The monoisotopic (exact) mass is 372 g/mol. The maximum Gasteiger partial charge on any atom is 0.307 e. The molecule has 1 aromatic carbocycles. The Labute approximate surface area is 155 Å². The molecule has 6 nitrogen and oxygen atoms in total. The summed E-state index contributed by atoms with van der Waals surface area (Å²) >= 11 is 1.47. The lowest BCUT2D eigenvalue weighted by molar-refractivity contribution is -0.141. The van der Waals surface area contributed by atoms with Gasteiger partial charge in [-0.25, -0.2) is 0 Å². The van der Waals surface area contributed by atoms with Crippen molar-refractivity contribution in [3.8, 4) is 0 Å². The van der Waals surface area contributed by atoms with Gasteiger partial charge in [-0.2, -0.15) is 0 Å². The molecule has 0 radical (unpaired) electrons. The van der Waals surface area contributed by atoms with Gasteiger partial charge >= 0.3 is 5.97 Å². The molecule has 136 valence electrons. The molecule has 1 N–H and O–H groups in total. The van der Waals surface area contributed by atoms with Gasteiger partial charge < -0.3 is 15.0 Å². The van der Waals surface area contributed by atoms with Crippen LogP contribution < -0.4 is 10.2 Å². The molecule has 3 rings (SSSR count). The highest BCUT2D eigenvalue weighted by Crippen LogP contribution is 2.25. The molecular weight excluding hydrogens is 352 g/mol. The fraction of sp³-hybridized carbons (Fsp3) is 0.316. The number of carbonyl (C=O) groups excluding carboxylic acids is 3. The summed E-state index contributed by atoms with van der Waals surface area (Å²) in [5, 5.41) is 4.79. The quantitative estimate of drug-likeness (QED) is 0.791. The summed E-state index contributed by atoms with van der Waals surface area (Å²) in [5.74, 6) is -0.606. The summed E-state index contributed by atoms with van der Waals surface area (Å²) in [5.41, 5.74) is 1.18. The van der Waals surface area contributed by atoms with Crippen LogP contribution in [0.25, 0.3) is 0 Å². The minimum atomic E-state index is -0.452. The van der Waals surface area contributed by atoms with Crippen LogP contribution in [0, 0.1) is 0 Å². The van der Waals surface area contributed by atoms with E-state index in [1.807, 2.05) is 23.6 Å². The third-order valence-electron chi connectivity index (χ3n) is 4.28. The molecule has 1 aromatic heterocycles. The van der Waals surface area contributed by atoms with E-state index in [1.165, 1.54) is 18.4 Å². The number of anilines is 1. The Morgan fingerprint density at radius 2 is 2.15 bits per heavy atom. The van der Waals surface area contributed by atoms with Gasteiger partial charge in [-0.1, -0.05) is 12.1 Å². The number of esters is 1. The van der Waals surface area contributed by atoms with E-state index in [1.54, 1.807) is 23.1 Å². The van der Waals surface area contributed by atoms with Crippen LogP contribution in [0.4, 0.5) is 5.69 Å². The number of nitrogens with one attached hydrogen (secondary N) is 1. The third kappa shape index (κ3) is 4.11. The van der Waals surface area contributed by atoms with Gasteiger partial charge in [0.25, 0.3) is 5.91 Å². The summed E-state index contributed by atoms with van der Waals surface area (Å²) < 4.78 is 4.73. The van der Waals surface area contributed by atoms with E-state index in [0.717, 1.165) is 17.0 Å². The van der Waals surface area contributed by atoms with E-state index in [-0.39, 0.29) is 24.2 Å². The second-order valence-corrected chi connectivity index (χ2v) is 7.00. The average molecular weight is 372 g/mol. The lowest BCUT2D eigenvalue weighted by atomic mass is 10.1. The minimum absolute atomic E-state index is 0.0626. The van der Waals surface area contributed by atoms with Crippen molar-refractivity contribution in [1.29, 1.82) is 0 Å². The topological polar surface area (TPSA) is 75.7 Å². The number of nitrogens with zero attached hydrogens (tertiary/aromatic N) is 1. The molecule has 2 heterocycles. The third-order valence-corrected chi connectivity index (χ3v) is 5.27. The first-order valence-electron chi connectivity index (χ1n) is 8.40. The standard InChI is InChI=1S/C19H20N2O4S/c1-25-18(23)12-15(16-7-4-10-26-16)20-19(24)13-5-2-6-14(11-13)21-9-3-8-17(21)22/h2,4-7,10-11,15H,3,8-9,12H2,1H3,(H,20,24)/t15-/m1/s1. The molecule has 0 aliphatic carbocycles. The lowest BCUT2D eigenvalue weighted by Crippen LogP contribution is -2.30.